The molecule has 0 aliphatic carbocycles. The largest absolute Gasteiger partial charge is 0.334 e. The molecule has 1 unspecified atom stereocenters. The average molecular weight is 372 g/mol. The third-order valence-electron chi connectivity index (χ3n) is 3.74. The van der Waals surface area contributed by atoms with Crippen LogP contribution in [0.25, 0.3) is 0 Å². The summed E-state index contributed by atoms with van der Waals surface area (Å²) >= 11 is 2.25. The van der Waals surface area contributed by atoms with Crippen molar-refractivity contribution in [2.45, 2.75) is 25.8 Å². The van der Waals surface area contributed by atoms with Crippen LogP contribution in [0.3, 0.4) is 0 Å². The van der Waals surface area contributed by atoms with E-state index < -0.39 is 0 Å². The number of carbonyl (C=O) groups is 1. The third kappa shape index (κ3) is 3.48. The predicted octanol–water partition coefficient (Wildman–Crippen LogP) is 2.85. The summed E-state index contributed by atoms with van der Waals surface area (Å²) in [6, 6.07) is 8.19. The molecule has 1 aromatic rings. The Labute approximate surface area is 129 Å². The van der Waals surface area contributed by atoms with E-state index in [-0.39, 0.29) is 5.91 Å². The Morgan fingerprint density at radius 2 is 2.11 bits per heavy atom. The minimum absolute atomic E-state index is 0.187. The van der Waals surface area contributed by atoms with Crippen molar-refractivity contribution in [3.8, 4) is 0 Å². The van der Waals surface area contributed by atoms with Crippen LogP contribution in [0, 0.1) is 3.57 Å². The van der Waals surface area contributed by atoms with Gasteiger partial charge in [-0.25, -0.2) is 0 Å². The highest BCUT2D eigenvalue weighted by atomic mass is 127. The van der Waals surface area contributed by atoms with Gasteiger partial charge in [-0.3, -0.25) is 4.79 Å². The lowest BCUT2D eigenvalue weighted by Crippen LogP contribution is -2.43. The number of nitrogens with zero attached hydrogens (tertiary/aromatic N) is 2. The van der Waals surface area contributed by atoms with E-state index in [2.05, 4.69) is 46.4 Å². The van der Waals surface area contributed by atoms with Crippen LogP contribution in [0.15, 0.2) is 24.3 Å². The standard InChI is InChI=1S/C15H21IN2O/c1-3-12-11-17(2)9-6-10-18(12)15(19)13-7-4-5-8-14(13)16/h4-5,7-8,12H,3,6,9-11H2,1-2H3. The highest BCUT2D eigenvalue weighted by Gasteiger charge is 2.27. The molecule has 0 N–H and O–H groups in total. The molecule has 104 valence electrons. The smallest absolute Gasteiger partial charge is 0.255 e. The zero-order chi connectivity index (χ0) is 13.8. The number of benzene rings is 1. The van der Waals surface area contributed by atoms with Crippen LogP contribution in [0.4, 0.5) is 0 Å². The second-order valence-corrected chi connectivity index (χ2v) is 6.32. The third-order valence-corrected chi connectivity index (χ3v) is 4.68. The number of hydrogen-bond acceptors (Lipinski definition) is 2. The molecule has 1 saturated heterocycles. The van der Waals surface area contributed by atoms with Gasteiger partial charge in [0.1, 0.15) is 0 Å². The lowest BCUT2D eigenvalue weighted by molar-refractivity contribution is 0.0674. The molecule has 4 heteroatoms. The molecule has 3 nitrogen and oxygen atoms in total. The number of halogens is 1. The molecule has 0 saturated carbocycles. The van der Waals surface area contributed by atoms with Gasteiger partial charge in [0.15, 0.2) is 0 Å². The maximum Gasteiger partial charge on any atom is 0.255 e. The van der Waals surface area contributed by atoms with Crippen LogP contribution in [0.1, 0.15) is 30.1 Å². The van der Waals surface area contributed by atoms with Crippen molar-refractivity contribution in [2.24, 2.45) is 0 Å². The first-order chi connectivity index (χ1) is 9.13. The molecular weight excluding hydrogens is 351 g/mol. The van der Waals surface area contributed by atoms with Crippen LogP contribution in [0.2, 0.25) is 0 Å². The molecule has 2 rings (SSSR count). The summed E-state index contributed by atoms with van der Waals surface area (Å²) in [5, 5.41) is 0. The van der Waals surface area contributed by atoms with Crippen molar-refractivity contribution in [3.63, 3.8) is 0 Å². The molecule has 1 amide bonds. The summed E-state index contributed by atoms with van der Waals surface area (Å²) in [5.41, 5.74) is 0.839. The number of likely N-dealkylation sites (N-methyl/N-ethyl adjacent to an activating group) is 1. The van der Waals surface area contributed by atoms with Crippen molar-refractivity contribution in [3.05, 3.63) is 33.4 Å². The summed E-state index contributed by atoms with van der Waals surface area (Å²) in [5.74, 6) is 0.187. The van der Waals surface area contributed by atoms with Gasteiger partial charge in [-0.2, -0.15) is 0 Å². The van der Waals surface area contributed by atoms with Crippen molar-refractivity contribution in [2.75, 3.05) is 26.7 Å². The normalized spacial score (nSPS) is 21.2. The Hall–Kier alpha value is -0.620. The molecule has 0 aromatic heterocycles. The van der Waals surface area contributed by atoms with Crippen molar-refractivity contribution in [1.82, 2.24) is 9.80 Å². The molecule has 0 radical (unpaired) electrons. The maximum atomic E-state index is 12.8. The van der Waals surface area contributed by atoms with Gasteiger partial charge < -0.3 is 9.80 Å². The number of rotatable bonds is 2. The number of carbonyl (C=O) groups excluding carboxylic acids is 1. The fraction of sp³-hybridized carbons (Fsp3) is 0.533. The molecule has 1 aliphatic rings. The first kappa shape index (κ1) is 14.8. The Balaban J connectivity index is 2.23. The summed E-state index contributed by atoms with van der Waals surface area (Å²) in [7, 11) is 2.14. The lowest BCUT2D eigenvalue weighted by Gasteiger charge is -2.30. The van der Waals surface area contributed by atoms with E-state index in [1.165, 1.54) is 0 Å². The molecule has 0 bridgehead atoms. The first-order valence-corrected chi connectivity index (χ1v) is 7.95. The molecule has 0 spiro atoms. The first-order valence-electron chi connectivity index (χ1n) is 6.87. The molecule has 1 heterocycles. The van der Waals surface area contributed by atoms with E-state index in [9.17, 15) is 4.79 Å². The minimum atomic E-state index is 0.187. The quantitative estimate of drug-likeness (QED) is 0.746. The van der Waals surface area contributed by atoms with Crippen molar-refractivity contribution in [1.29, 1.82) is 0 Å². The van der Waals surface area contributed by atoms with Gasteiger partial charge in [0, 0.05) is 22.7 Å². The zero-order valence-corrected chi connectivity index (χ0v) is 13.8. The molecular formula is C15H21IN2O. The van der Waals surface area contributed by atoms with Gasteiger partial charge in [0.05, 0.1) is 5.56 Å². The van der Waals surface area contributed by atoms with Crippen LogP contribution < -0.4 is 0 Å². The second kappa shape index (κ2) is 6.70. The highest BCUT2D eigenvalue weighted by molar-refractivity contribution is 14.1. The van der Waals surface area contributed by atoms with Gasteiger partial charge >= 0.3 is 0 Å². The molecule has 19 heavy (non-hydrogen) atoms. The summed E-state index contributed by atoms with van der Waals surface area (Å²) in [6.07, 6.45) is 2.07. The minimum Gasteiger partial charge on any atom is -0.334 e. The summed E-state index contributed by atoms with van der Waals surface area (Å²) < 4.78 is 1.04. The van der Waals surface area contributed by atoms with Crippen LogP contribution in [-0.4, -0.2) is 48.4 Å². The topological polar surface area (TPSA) is 23.6 Å². The van der Waals surface area contributed by atoms with Gasteiger partial charge in [0.25, 0.3) is 5.91 Å². The fourth-order valence-corrected chi connectivity index (χ4v) is 3.27. The Morgan fingerprint density at radius 3 is 2.79 bits per heavy atom. The zero-order valence-electron chi connectivity index (χ0n) is 11.6. The Bertz CT molecular complexity index is 450. The summed E-state index contributed by atoms with van der Waals surface area (Å²) in [6.45, 7) is 5.09. The van der Waals surface area contributed by atoms with E-state index in [0.29, 0.717) is 6.04 Å². The second-order valence-electron chi connectivity index (χ2n) is 5.16. The predicted molar refractivity (Wildman–Crippen MR) is 86.4 cm³/mol. The lowest BCUT2D eigenvalue weighted by atomic mass is 10.1. The van der Waals surface area contributed by atoms with Crippen molar-refractivity contribution >= 4 is 28.5 Å². The van der Waals surface area contributed by atoms with Gasteiger partial charge in [-0.05, 0) is 61.2 Å². The van der Waals surface area contributed by atoms with Crippen LogP contribution in [0.5, 0.6) is 0 Å². The van der Waals surface area contributed by atoms with E-state index in [1.54, 1.807) is 0 Å². The van der Waals surface area contributed by atoms with E-state index in [4.69, 9.17) is 0 Å². The van der Waals surface area contributed by atoms with Crippen molar-refractivity contribution < 1.29 is 4.79 Å². The van der Waals surface area contributed by atoms with E-state index in [1.807, 2.05) is 24.3 Å². The van der Waals surface area contributed by atoms with Crippen LogP contribution >= 0.6 is 22.6 Å². The van der Waals surface area contributed by atoms with Crippen LogP contribution in [-0.2, 0) is 0 Å². The molecule has 1 atom stereocenters. The SMILES string of the molecule is CCC1CN(C)CCCN1C(=O)c1ccccc1I. The van der Waals surface area contributed by atoms with Gasteiger partial charge in [-0.1, -0.05) is 19.1 Å². The number of hydrogen-bond donors (Lipinski definition) is 0. The fourth-order valence-electron chi connectivity index (χ4n) is 2.65. The average Bonchev–Trinajstić information content (AvgIpc) is 2.60. The van der Waals surface area contributed by atoms with E-state index in [0.717, 1.165) is 41.6 Å². The Morgan fingerprint density at radius 1 is 1.37 bits per heavy atom. The molecule has 1 fully saturated rings. The van der Waals surface area contributed by atoms with Gasteiger partial charge in [0.2, 0.25) is 0 Å². The monoisotopic (exact) mass is 372 g/mol. The number of amides is 1. The maximum absolute atomic E-state index is 12.8. The van der Waals surface area contributed by atoms with E-state index >= 15 is 0 Å². The van der Waals surface area contributed by atoms with Gasteiger partial charge in [-0.15, -0.1) is 0 Å². The molecule has 1 aliphatic heterocycles. The summed E-state index contributed by atoms with van der Waals surface area (Å²) in [4.78, 5) is 17.2. The Kier molecular flexibility index (Phi) is 5.21. The molecule has 1 aromatic carbocycles. The highest BCUT2D eigenvalue weighted by Crippen LogP contribution is 2.19.